The van der Waals surface area contributed by atoms with Crippen LogP contribution in [-0.2, 0) is 4.79 Å². The number of rotatable bonds is 3. The molecule has 0 bridgehead atoms. The van der Waals surface area contributed by atoms with Crippen molar-refractivity contribution in [3.05, 3.63) is 18.0 Å². The third kappa shape index (κ3) is 2.91. The standard InChI is InChI=1S/C9H13B2N3O.2H2/c1-2-8(13-10)6-3-7(5-12-4-6)9(15)14-11;;/h6-7,12-13H,1,3-5H2,(H,14,15);2*1H. The lowest BCUT2D eigenvalue weighted by Crippen LogP contribution is -2.45. The predicted octanol–water partition coefficient (Wildman–Crippen LogP) is -0.754. The van der Waals surface area contributed by atoms with Crippen molar-refractivity contribution < 1.29 is 7.65 Å². The summed E-state index contributed by atoms with van der Waals surface area (Å²) in [4.78, 5) is 11.3. The molecule has 0 aromatic rings. The van der Waals surface area contributed by atoms with Crippen molar-refractivity contribution in [2.24, 2.45) is 11.8 Å². The highest BCUT2D eigenvalue weighted by molar-refractivity contribution is 6.14. The Hall–Kier alpha value is -1.12. The molecule has 0 aromatic heterocycles. The van der Waals surface area contributed by atoms with Gasteiger partial charge in [0.2, 0.25) is 21.9 Å². The Morgan fingerprint density at radius 1 is 1.40 bits per heavy atom. The summed E-state index contributed by atoms with van der Waals surface area (Å²) in [5, 5.41) is 7.84. The highest BCUT2D eigenvalue weighted by Gasteiger charge is 2.27. The lowest BCUT2D eigenvalue weighted by atomic mass is 9.87. The van der Waals surface area contributed by atoms with Gasteiger partial charge in [-0.25, -0.2) is 0 Å². The molecule has 0 spiro atoms. The Labute approximate surface area is 95.4 Å². The topological polar surface area (TPSA) is 53.2 Å². The molecule has 80 valence electrons. The maximum atomic E-state index is 11.3. The Bertz CT molecular complexity index is 298. The van der Waals surface area contributed by atoms with E-state index in [0.717, 1.165) is 12.2 Å². The van der Waals surface area contributed by atoms with Crippen LogP contribution in [0.5, 0.6) is 0 Å². The molecule has 1 aliphatic heterocycles. The second-order valence-corrected chi connectivity index (χ2v) is 3.53. The van der Waals surface area contributed by atoms with Gasteiger partial charge in [-0.1, -0.05) is 6.58 Å². The lowest BCUT2D eigenvalue weighted by molar-refractivity contribution is -0.124. The molecular formula is C9H17B2N3O. The van der Waals surface area contributed by atoms with Gasteiger partial charge >= 0.3 is 0 Å². The summed E-state index contributed by atoms with van der Waals surface area (Å²) >= 11 is 0. The van der Waals surface area contributed by atoms with Gasteiger partial charge in [-0.15, -0.1) is 5.73 Å². The van der Waals surface area contributed by atoms with Crippen molar-refractivity contribution in [2.75, 3.05) is 13.1 Å². The van der Waals surface area contributed by atoms with E-state index in [9.17, 15) is 4.79 Å². The SMILES string of the molecule is [B]NC(=O)C1CNCC(C(=C=C)N[B])C1.[HH].[HH]. The summed E-state index contributed by atoms with van der Waals surface area (Å²) in [6.45, 7) is 4.93. The molecule has 0 aromatic carbocycles. The normalized spacial score (nSPS) is 25.1. The summed E-state index contributed by atoms with van der Waals surface area (Å²) in [6, 6.07) is 0. The van der Waals surface area contributed by atoms with Crippen molar-refractivity contribution in [1.29, 1.82) is 0 Å². The minimum absolute atomic E-state index is 0. The molecule has 3 N–H and O–H groups in total. The molecule has 1 amide bonds. The van der Waals surface area contributed by atoms with Crippen LogP contribution in [0.4, 0.5) is 0 Å². The average Bonchev–Trinajstić information content (AvgIpc) is 2.30. The van der Waals surface area contributed by atoms with Gasteiger partial charge in [-0.2, -0.15) is 0 Å². The lowest BCUT2D eigenvalue weighted by Gasteiger charge is -2.29. The first-order valence-electron chi connectivity index (χ1n) is 4.80. The zero-order chi connectivity index (χ0) is 11.3. The summed E-state index contributed by atoms with van der Waals surface area (Å²) in [5.41, 5.74) is 3.45. The van der Waals surface area contributed by atoms with Gasteiger partial charge in [0, 0.05) is 33.5 Å². The fourth-order valence-electron chi connectivity index (χ4n) is 1.79. The number of nitrogens with one attached hydrogen (secondary N) is 3. The maximum Gasteiger partial charge on any atom is 0.226 e. The van der Waals surface area contributed by atoms with Crippen LogP contribution < -0.4 is 15.8 Å². The van der Waals surface area contributed by atoms with Crippen molar-refractivity contribution in [2.45, 2.75) is 6.42 Å². The van der Waals surface area contributed by atoms with Gasteiger partial charge in [0.15, 0.2) is 0 Å². The Morgan fingerprint density at radius 2 is 2.07 bits per heavy atom. The van der Waals surface area contributed by atoms with Crippen LogP contribution in [0.3, 0.4) is 0 Å². The van der Waals surface area contributed by atoms with Crippen molar-refractivity contribution in [3.63, 3.8) is 0 Å². The third-order valence-corrected chi connectivity index (χ3v) is 2.62. The molecule has 0 saturated carbocycles. The molecule has 1 fully saturated rings. The number of carbonyl (C=O) groups is 1. The molecule has 2 atom stereocenters. The molecule has 1 aliphatic rings. The van der Waals surface area contributed by atoms with Crippen LogP contribution >= 0.6 is 0 Å². The summed E-state index contributed by atoms with van der Waals surface area (Å²) in [7, 11) is 10.4. The number of amides is 1. The Kier molecular flexibility index (Phi) is 4.53. The van der Waals surface area contributed by atoms with Crippen molar-refractivity contribution in [3.8, 4) is 0 Å². The minimum Gasteiger partial charge on any atom is -0.434 e. The fourth-order valence-corrected chi connectivity index (χ4v) is 1.79. The quantitative estimate of drug-likeness (QED) is 0.419. The van der Waals surface area contributed by atoms with Gasteiger partial charge in [-0.05, 0) is 6.42 Å². The molecule has 0 aliphatic carbocycles. The molecule has 1 heterocycles. The second-order valence-electron chi connectivity index (χ2n) is 3.53. The zero-order valence-corrected chi connectivity index (χ0v) is 8.55. The van der Waals surface area contributed by atoms with Crippen molar-refractivity contribution in [1.82, 2.24) is 15.8 Å². The Morgan fingerprint density at radius 3 is 2.60 bits per heavy atom. The molecular weight excluding hydrogens is 188 g/mol. The smallest absolute Gasteiger partial charge is 0.226 e. The fraction of sp³-hybridized carbons (Fsp3) is 0.556. The van der Waals surface area contributed by atoms with Gasteiger partial charge in [0.25, 0.3) is 0 Å². The summed E-state index contributed by atoms with van der Waals surface area (Å²) in [6.07, 6.45) is 0.693. The molecule has 1 rings (SSSR count). The second kappa shape index (κ2) is 5.69. The van der Waals surface area contributed by atoms with E-state index in [2.05, 4.69) is 28.1 Å². The number of hydrogen-bond acceptors (Lipinski definition) is 3. The van der Waals surface area contributed by atoms with E-state index in [4.69, 9.17) is 16.0 Å². The third-order valence-electron chi connectivity index (χ3n) is 2.62. The van der Waals surface area contributed by atoms with Crippen LogP contribution in [-0.4, -0.2) is 35.0 Å². The van der Waals surface area contributed by atoms with E-state index >= 15 is 0 Å². The molecule has 2 unspecified atom stereocenters. The molecule has 4 radical (unpaired) electrons. The minimum atomic E-state index is -0.160. The highest BCUT2D eigenvalue weighted by Crippen LogP contribution is 2.21. The van der Waals surface area contributed by atoms with E-state index in [1.807, 2.05) is 0 Å². The molecule has 6 heteroatoms. The maximum absolute atomic E-state index is 11.3. The number of hydrogen-bond donors (Lipinski definition) is 3. The average molecular weight is 205 g/mol. The molecule has 1 saturated heterocycles. The number of carbonyl (C=O) groups excluding carboxylic acids is 1. The van der Waals surface area contributed by atoms with Crippen molar-refractivity contribution >= 4 is 21.9 Å². The van der Waals surface area contributed by atoms with Crippen LogP contribution in [0.15, 0.2) is 18.0 Å². The summed E-state index contributed by atoms with van der Waals surface area (Å²) < 4.78 is 0. The monoisotopic (exact) mass is 205 g/mol. The van der Waals surface area contributed by atoms with Crippen LogP contribution in [0.1, 0.15) is 9.27 Å². The number of piperidine rings is 1. The highest BCUT2D eigenvalue weighted by atomic mass is 16.1. The van der Waals surface area contributed by atoms with Crippen LogP contribution in [0.25, 0.3) is 0 Å². The first-order chi connectivity index (χ1) is 7.22. The first kappa shape index (κ1) is 12.0. The summed E-state index contributed by atoms with van der Waals surface area (Å²) in [5.74, 6) is -0.165. The van der Waals surface area contributed by atoms with E-state index in [0.29, 0.717) is 13.0 Å². The largest absolute Gasteiger partial charge is 0.434 e. The van der Waals surface area contributed by atoms with E-state index in [1.165, 1.54) is 0 Å². The van der Waals surface area contributed by atoms with E-state index in [-0.39, 0.29) is 20.6 Å². The van der Waals surface area contributed by atoms with Gasteiger partial charge in [0.05, 0.1) is 0 Å². The molecule has 15 heavy (non-hydrogen) atoms. The van der Waals surface area contributed by atoms with Gasteiger partial charge in [-0.3, -0.25) is 4.79 Å². The predicted molar refractivity (Wildman–Crippen MR) is 64.1 cm³/mol. The van der Waals surface area contributed by atoms with Gasteiger partial charge < -0.3 is 15.8 Å². The molecule has 4 nitrogen and oxygen atoms in total. The van der Waals surface area contributed by atoms with Crippen LogP contribution in [0.2, 0.25) is 0 Å². The van der Waals surface area contributed by atoms with E-state index in [1.54, 1.807) is 0 Å². The van der Waals surface area contributed by atoms with Crippen LogP contribution in [0, 0.1) is 11.8 Å². The van der Waals surface area contributed by atoms with Gasteiger partial charge in [0.1, 0.15) is 0 Å². The Balaban J connectivity index is 0. The zero-order valence-electron chi connectivity index (χ0n) is 8.55. The first-order valence-corrected chi connectivity index (χ1v) is 4.80. The van der Waals surface area contributed by atoms with E-state index < -0.39 is 0 Å².